The first-order valence-electron chi connectivity index (χ1n) is 3.28. The van der Waals surface area contributed by atoms with Gasteiger partial charge in [0.15, 0.2) is 0 Å². The van der Waals surface area contributed by atoms with E-state index in [1.807, 2.05) is 0 Å². The molecule has 72 valence electrons. The number of rotatable bonds is 4. The van der Waals surface area contributed by atoms with E-state index in [4.69, 9.17) is 15.5 Å². The Labute approximate surface area is 69.3 Å². The van der Waals surface area contributed by atoms with Crippen LogP contribution in [0, 0.1) is 5.41 Å². The van der Waals surface area contributed by atoms with Gasteiger partial charge in [-0.05, 0) is 0 Å². The number of hydrogen-bond acceptors (Lipinski definition) is 6. The van der Waals surface area contributed by atoms with E-state index in [-0.39, 0.29) is 19.8 Å². The molecule has 0 amide bonds. The second-order valence-electron chi connectivity index (χ2n) is 2.76. The highest BCUT2D eigenvalue weighted by Crippen LogP contribution is 2.14. The zero-order valence-electron chi connectivity index (χ0n) is 6.69. The lowest BCUT2D eigenvalue weighted by molar-refractivity contribution is -0.204. The minimum absolute atomic E-state index is 0.223. The summed E-state index contributed by atoms with van der Waals surface area (Å²) in [5.74, 6) is 0. The van der Waals surface area contributed by atoms with Crippen molar-refractivity contribution in [3.05, 3.63) is 0 Å². The molecule has 0 fully saturated rings. The number of aliphatic hydroxyl groups excluding tert-OH is 2. The van der Waals surface area contributed by atoms with Crippen LogP contribution in [0.4, 0.5) is 4.79 Å². The van der Waals surface area contributed by atoms with Crippen LogP contribution in [-0.4, -0.2) is 41.4 Å². The van der Waals surface area contributed by atoms with Gasteiger partial charge in [0.25, 0.3) is 0 Å². The summed E-state index contributed by atoms with van der Waals surface area (Å²) in [6, 6.07) is 0. The first-order valence-corrected chi connectivity index (χ1v) is 3.28. The van der Waals surface area contributed by atoms with Gasteiger partial charge in [-0.1, -0.05) is 6.92 Å². The lowest BCUT2D eigenvalue weighted by Crippen LogP contribution is -2.32. The Hall–Kier alpha value is -0.850. The van der Waals surface area contributed by atoms with E-state index in [2.05, 4.69) is 9.62 Å². The topological polar surface area (TPSA) is 96.2 Å². The summed E-state index contributed by atoms with van der Waals surface area (Å²) in [6.45, 7) is 0.626. The molecule has 0 rings (SSSR count). The van der Waals surface area contributed by atoms with Gasteiger partial charge in [0.2, 0.25) is 0 Å². The van der Waals surface area contributed by atoms with E-state index in [9.17, 15) is 4.79 Å². The van der Waals surface area contributed by atoms with Gasteiger partial charge in [0.05, 0.1) is 13.2 Å². The van der Waals surface area contributed by atoms with Crippen LogP contribution in [0.1, 0.15) is 6.92 Å². The molecule has 0 saturated carbocycles. The van der Waals surface area contributed by atoms with E-state index in [1.54, 1.807) is 0 Å². The van der Waals surface area contributed by atoms with Crippen LogP contribution in [0.15, 0.2) is 0 Å². The smallest absolute Gasteiger partial charge is 0.432 e. The standard InChI is InChI=1S/C6H12O6/c1-6(2-7,3-8)4-11-5(9)12-10/h7-8,10H,2-4H2,1H3. The molecular weight excluding hydrogens is 168 g/mol. The van der Waals surface area contributed by atoms with Gasteiger partial charge in [0.1, 0.15) is 6.61 Å². The molecule has 0 aromatic heterocycles. The summed E-state index contributed by atoms with van der Waals surface area (Å²) in [5.41, 5.74) is -0.909. The van der Waals surface area contributed by atoms with Crippen LogP contribution < -0.4 is 0 Å². The van der Waals surface area contributed by atoms with Crippen molar-refractivity contribution in [2.75, 3.05) is 19.8 Å². The van der Waals surface area contributed by atoms with Crippen LogP contribution in [0.2, 0.25) is 0 Å². The van der Waals surface area contributed by atoms with E-state index < -0.39 is 11.6 Å². The molecule has 0 aromatic carbocycles. The van der Waals surface area contributed by atoms with Crippen molar-refractivity contribution >= 4 is 6.16 Å². The first-order chi connectivity index (χ1) is 5.58. The van der Waals surface area contributed by atoms with Crippen molar-refractivity contribution < 1.29 is 29.9 Å². The van der Waals surface area contributed by atoms with Gasteiger partial charge in [-0.3, -0.25) is 4.89 Å². The highest BCUT2D eigenvalue weighted by molar-refractivity contribution is 5.58. The van der Waals surface area contributed by atoms with Crippen molar-refractivity contribution in [2.24, 2.45) is 5.41 Å². The first kappa shape index (κ1) is 11.2. The predicted octanol–water partition coefficient (Wildman–Crippen LogP) is -0.396. The summed E-state index contributed by atoms with van der Waals surface area (Å²) in [7, 11) is 0. The van der Waals surface area contributed by atoms with Gasteiger partial charge >= 0.3 is 6.16 Å². The molecular formula is C6H12O6. The van der Waals surface area contributed by atoms with Crippen LogP contribution in [0.25, 0.3) is 0 Å². The molecule has 0 radical (unpaired) electrons. The average Bonchev–Trinajstić information content (AvgIpc) is 2.13. The molecule has 0 bridgehead atoms. The summed E-state index contributed by atoms with van der Waals surface area (Å²) < 4.78 is 4.31. The molecule has 0 spiro atoms. The summed E-state index contributed by atoms with van der Waals surface area (Å²) in [6.07, 6.45) is -1.26. The lowest BCUT2D eigenvalue weighted by Gasteiger charge is -2.22. The van der Waals surface area contributed by atoms with Crippen molar-refractivity contribution in [1.82, 2.24) is 0 Å². The minimum atomic E-state index is -1.26. The third-order valence-corrected chi connectivity index (χ3v) is 1.38. The predicted molar refractivity (Wildman–Crippen MR) is 37.3 cm³/mol. The molecule has 0 aliphatic heterocycles. The summed E-state index contributed by atoms with van der Waals surface area (Å²) in [4.78, 5) is 13.4. The number of carbonyl (C=O) groups excluding carboxylic acids is 1. The fourth-order valence-corrected chi connectivity index (χ4v) is 0.401. The van der Waals surface area contributed by atoms with Crippen LogP contribution in [0.3, 0.4) is 0 Å². The molecule has 0 aromatic rings. The maximum atomic E-state index is 10.2. The Kier molecular flexibility index (Phi) is 4.57. The Morgan fingerprint density at radius 2 is 1.92 bits per heavy atom. The van der Waals surface area contributed by atoms with Crippen LogP contribution >= 0.6 is 0 Å². The highest BCUT2D eigenvalue weighted by Gasteiger charge is 2.25. The number of aliphatic hydroxyl groups is 2. The van der Waals surface area contributed by atoms with Crippen molar-refractivity contribution in [3.63, 3.8) is 0 Å². The number of carbonyl (C=O) groups is 1. The molecule has 6 heteroatoms. The molecule has 12 heavy (non-hydrogen) atoms. The van der Waals surface area contributed by atoms with Crippen LogP contribution in [-0.2, 0) is 9.62 Å². The van der Waals surface area contributed by atoms with E-state index >= 15 is 0 Å². The van der Waals surface area contributed by atoms with Gasteiger partial charge < -0.3 is 14.9 Å². The number of hydrogen-bond donors (Lipinski definition) is 3. The third-order valence-electron chi connectivity index (χ3n) is 1.38. The largest absolute Gasteiger partial charge is 0.540 e. The molecule has 0 aliphatic rings. The zero-order valence-corrected chi connectivity index (χ0v) is 6.69. The Morgan fingerprint density at radius 1 is 1.42 bits per heavy atom. The van der Waals surface area contributed by atoms with E-state index in [0.717, 1.165) is 0 Å². The van der Waals surface area contributed by atoms with Crippen molar-refractivity contribution in [3.8, 4) is 0 Å². The molecule has 0 atom stereocenters. The fourth-order valence-electron chi connectivity index (χ4n) is 0.401. The SMILES string of the molecule is CC(CO)(CO)COC(=O)OO. The summed E-state index contributed by atoms with van der Waals surface area (Å²) in [5, 5.41) is 25.2. The monoisotopic (exact) mass is 180 g/mol. The molecule has 6 nitrogen and oxygen atoms in total. The Balaban J connectivity index is 3.80. The third kappa shape index (κ3) is 3.51. The van der Waals surface area contributed by atoms with E-state index in [1.165, 1.54) is 6.92 Å². The quantitative estimate of drug-likeness (QED) is 0.309. The van der Waals surface area contributed by atoms with E-state index in [0.29, 0.717) is 0 Å². The van der Waals surface area contributed by atoms with Gasteiger partial charge in [0, 0.05) is 5.41 Å². The molecule has 0 heterocycles. The highest BCUT2D eigenvalue weighted by atomic mass is 17.1. The maximum Gasteiger partial charge on any atom is 0.540 e. The maximum absolute atomic E-state index is 10.2. The van der Waals surface area contributed by atoms with Gasteiger partial charge in [-0.2, -0.15) is 5.26 Å². The molecule has 0 aliphatic carbocycles. The van der Waals surface area contributed by atoms with Gasteiger partial charge in [-0.15, -0.1) is 0 Å². The number of ether oxygens (including phenoxy) is 1. The lowest BCUT2D eigenvalue weighted by atomic mass is 9.95. The molecule has 0 unspecified atom stereocenters. The molecule has 3 N–H and O–H groups in total. The fraction of sp³-hybridized carbons (Fsp3) is 0.833. The Morgan fingerprint density at radius 3 is 2.25 bits per heavy atom. The second-order valence-corrected chi connectivity index (χ2v) is 2.76. The average molecular weight is 180 g/mol. The summed E-state index contributed by atoms with van der Waals surface area (Å²) >= 11 is 0. The molecule has 0 saturated heterocycles. The van der Waals surface area contributed by atoms with Crippen molar-refractivity contribution in [2.45, 2.75) is 6.92 Å². The second kappa shape index (κ2) is 4.91. The van der Waals surface area contributed by atoms with Crippen molar-refractivity contribution in [1.29, 1.82) is 0 Å². The normalized spacial score (nSPS) is 11.0. The zero-order chi connectivity index (χ0) is 9.61. The van der Waals surface area contributed by atoms with Gasteiger partial charge in [-0.25, -0.2) is 4.79 Å². The van der Waals surface area contributed by atoms with Crippen LogP contribution in [0.5, 0.6) is 0 Å². The Bertz CT molecular complexity index is 141. The minimum Gasteiger partial charge on any atom is -0.432 e.